The van der Waals surface area contributed by atoms with Crippen LogP contribution in [0.25, 0.3) is 0 Å². The Hall–Kier alpha value is -2.11. The first kappa shape index (κ1) is 17.3. The molecule has 0 saturated carbocycles. The Morgan fingerprint density at radius 2 is 2.04 bits per heavy atom. The van der Waals surface area contributed by atoms with Crippen LogP contribution in [0.5, 0.6) is 0 Å². The van der Waals surface area contributed by atoms with Gasteiger partial charge in [-0.3, -0.25) is 4.79 Å². The normalized spacial score (nSPS) is 22.6. The summed E-state index contributed by atoms with van der Waals surface area (Å²) in [5.74, 6) is -0.132. The van der Waals surface area contributed by atoms with E-state index in [4.69, 9.17) is 4.42 Å². The third-order valence-corrected chi connectivity index (χ3v) is 6.04. The number of quaternary nitrogens is 1. The maximum Gasteiger partial charge on any atom is 0.258 e. The second kappa shape index (κ2) is 6.89. The molecule has 1 N–H and O–H groups in total. The number of furan rings is 1. The van der Waals surface area contributed by atoms with Crippen LogP contribution in [0.2, 0.25) is 0 Å². The summed E-state index contributed by atoms with van der Waals surface area (Å²) in [5.41, 5.74) is 3.87. The van der Waals surface area contributed by atoms with Crippen LogP contribution in [0.15, 0.2) is 41.2 Å². The Morgan fingerprint density at radius 1 is 1.23 bits per heavy atom. The zero-order valence-corrected chi connectivity index (χ0v) is 15.7. The van der Waals surface area contributed by atoms with Crippen molar-refractivity contribution in [2.45, 2.75) is 45.6 Å². The fourth-order valence-electron chi connectivity index (χ4n) is 4.64. The molecule has 1 aromatic heterocycles. The van der Waals surface area contributed by atoms with Crippen molar-refractivity contribution >= 4 is 17.3 Å². The van der Waals surface area contributed by atoms with E-state index < -0.39 is 0 Å². The molecule has 0 bridgehead atoms. The van der Waals surface area contributed by atoms with E-state index in [2.05, 4.69) is 42.4 Å². The highest BCUT2D eigenvalue weighted by atomic mass is 16.3. The Kier molecular flexibility index (Phi) is 4.59. The van der Waals surface area contributed by atoms with Gasteiger partial charge in [0.05, 0.1) is 17.9 Å². The van der Waals surface area contributed by atoms with E-state index >= 15 is 0 Å². The number of anilines is 1. The summed E-state index contributed by atoms with van der Waals surface area (Å²) in [6, 6.07) is 8.84. The van der Waals surface area contributed by atoms with Gasteiger partial charge in [-0.25, -0.2) is 4.59 Å². The van der Waals surface area contributed by atoms with Crippen molar-refractivity contribution in [3.8, 4) is 0 Å². The Balaban J connectivity index is 1.61. The summed E-state index contributed by atoms with van der Waals surface area (Å²) in [7, 11) is 0. The number of hydrogen-bond acceptors (Lipinski definition) is 3. The number of nitrogens with one attached hydrogen (secondary N) is 1. The standard InChI is InChI=1S/C21H27N3O2/c1-16-14-19(7-8-20(16)22-21(25)18-9-13-26-15-18)24(11-3-4-12-24)23-10-5-6-17(23)2/h7-9,13-15,17H,3-6,10-12H2,1-2H3/p+1/t17-/m0/s1. The molecule has 1 aromatic carbocycles. The van der Waals surface area contributed by atoms with E-state index in [1.54, 1.807) is 6.07 Å². The number of benzene rings is 1. The average molecular weight is 354 g/mol. The monoisotopic (exact) mass is 354 g/mol. The molecule has 2 aromatic rings. The fourth-order valence-corrected chi connectivity index (χ4v) is 4.64. The molecule has 138 valence electrons. The molecule has 5 heteroatoms. The predicted molar refractivity (Wildman–Crippen MR) is 104 cm³/mol. The lowest BCUT2D eigenvalue weighted by Gasteiger charge is -2.43. The Labute approximate surface area is 155 Å². The minimum absolute atomic E-state index is 0.132. The maximum absolute atomic E-state index is 12.3. The molecule has 26 heavy (non-hydrogen) atoms. The van der Waals surface area contributed by atoms with E-state index in [9.17, 15) is 4.79 Å². The Morgan fingerprint density at radius 3 is 2.65 bits per heavy atom. The maximum atomic E-state index is 12.3. The van der Waals surface area contributed by atoms with Gasteiger partial charge in [0.25, 0.3) is 5.91 Å². The third kappa shape index (κ3) is 2.95. The van der Waals surface area contributed by atoms with Crippen molar-refractivity contribution in [3.05, 3.63) is 47.9 Å². The molecule has 2 saturated heterocycles. The molecular formula is C21H28N3O2+. The van der Waals surface area contributed by atoms with Crippen LogP contribution >= 0.6 is 0 Å². The molecule has 0 spiro atoms. The molecular weight excluding hydrogens is 326 g/mol. The van der Waals surface area contributed by atoms with Gasteiger partial charge in [-0.15, -0.1) is 5.01 Å². The highest BCUT2D eigenvalue weighted by Gasteiger charge is 2.45. The number of hydrogen-bond donors (Lipinski definition) is 1. The largest absolute Gasteiger partial charge is 0.472 e. The van der Waals surface area contributed by atoms with E-state index in [0.29, 0.717) is 11.6 Å². The zero-order valence-electron chi connectivity index (χ0n) is 15.7. The first-order chi connectivity index (χ1) is 12.6. The van der Waals surface area contributed by atoms with Crippen LogP contribution in [0.4, 0.5) is 11.4 Å². The van der Waals surface area contributed by atoms with Crippen LogP contribution in [-0.4, -0.2) is 36.6 Å². The van der Waals surface area contributed by atoms with Gasteiger partial charge in [0.15, 0.2) is 5.69 Å². The van der Waals surface area contributed by atoms with Crippen molar-refractivity contribution in [1.82, 2.24) is 9.60 Å². The summed E-state index contributed by atoms with van der Waals surface area (Å²) in [6.07, 6.45) is 8.13. The average Bonchev–Trinajstić information content (AvgIpc) is 3.38. The molecule has 1 amide bonds. The van der Waals surface area contributed by atoms with Crippen LogP contribution in [0.1, 0.15) is 48.5 Å². The molecule has 0 unspecified atom stereocenters. The van der Waals surface area contributed by atoms with E-state index in [1.165, 1.54) is 63.5 Å². The number of amides is 1. The van der Waals surface area contributed by atoms with Gasteiger partial charge in [0, 0.05) is 37.2 Å². The van der Waals surface area contributed by atoms with Crippen molar-refractivity contribution in [2.24, 2.45) is 0 Å². The molecule has 5 nitrogen and oxygen atoms in total. The van der Waals surface area contributed by atoms with Crippen molar-refractivity contribution in [2.75, 3.05) is 25.0 Å². The minimum atomic E-state index is -0.132. The first-order valence-electron chi connectivity index (χ1n) is 9.69. The smallest absolute Gasteiger partial charge is 0.258 e. The van der Waals surface area contributed by atoms with Crippen LogP contribution in [0.3, 0.4) is 0 Å². The molecule has 1 atom stereocenters. The van der Waals surface area contributed by atoms with Gasteiger partial charge >= 0.3 is 0 Å². The lowest BCUT2D eigenvalue weighted by atomic mass is 10.1. The van der Waals surface area contributed by atoms with Crippen molar-refractivity contribution < 1.29 is 9.21 Å². The Bertz CT molecular complexity index is 779. The highest BCUT2D eigenvalue weighted by molar-refractivity contribution is 6.04. The fraction of sp³-hybridized carbons (Fsp3) is 0.476. The number of aryl methyl sites for hydroxylation is 1. The molecule has 0 radical (unpaired) electrons. The van der Waals surface area contributed by atoms with Crippen LogP contribution in [0, 0.1) is 6.92 Å². The molecule has 2 aliphatic rings. The van der Waals surface area contributed by atoms with Gasteiger partial charge in [0.2, 0.25) is 0 Å². The molecule has 3 heterocycles. The zero-order chi connectivity index (χ0) is 18.1. The summed E-state index contributed by atoms with van der Waals surface area (Å²) in [6.45, 7) is 7.99. The number of carbonyl (C=O) groups is 1. The molecule has 4 rings (SSSR count). The quantitative estimate of drug-likeness (QED) is 0.831. The van der Waals surface area contributed by atoms with E-state index in [0.717, 1.165) is 15.8 Å². The molecule has 0 aliphatic carbocycles. The SMILES string of the molecule is Cc1cc([N+]2(N3CCC[C@@H]3C)CCCC2)ccc1NC(=O)c1ccoc1. The van der Waals surface area contributed by atoms with Gasteiger partial charge in [-0.2, -0.15) is 0 Å². The van der Waals surface area contributed by atoms with E-state index in [-0.39, 0.29) is 5.91 Å². The van der Waals surface area contributed by atoms with Gasteiger partial charge in [0.1, 0.15) is 19.4 Å². The lowest BCUT2D eigenvalue weighted by Crippen LogP contribution is -2.61. The topological polar surface area (TPSA) is 45.5 Å². The molecule has 2 fully saturated rings. The van der Waals surface area contributed by atoms with Crippen LogP contribution < -0.4 is 9.91 Å². The highest BCUT2D eigenvalue weighted by Crippen LogP contribution is 2.38. The summed E-state index contributed by atoms with van der Waals surface area (Å²) < 4.78 is 5.99. The summed E-state index contributed by atoms with van der Waals surface area (Å²) in [5, 5.41) is 5.69. The first-order valence-corrected chi connectivity index (χ1v) is 9.69. The lowest BCUT2D eigenvalue weighted by molar-refractivity contribution is -0.00237. The van der Waals surface area contributed by atoms with E-state index in [1.807, 2.05) is 0 Å². The summed E-state index contributed by atoms with van der Waals surface area (Å²) in [4.78, 5) is 12.3. The number of carbonyl (C=O) groups excluding carboxylic acids is 1. The third-order valence-electron chi connectivity index (χ3n) is 6.04. The summed E-state index contributed by atoms with van der Waals surface area (Å²) >= 11 is 0. The second-order valence-electron chi connectivity index (χ2n) is 7.70. The van der Waals surface area contributed by atoms with Crippen LogP contribution in [-0.2, 0) is 0 Å². The minimum Gasteiger partial charge on any atom is -0.472 e. The predicted octanol–water partition coefficient (Wildman–Crippen LogP) is 4.34. The van der Waals surface area contributed by atoms with Gasteiger partial charge in [-0.1, -0.05) is 0 Å². The van der Waals surface area contributed by atoms with Crippen molar-refractivity contribution in [1.29, 1.82) is 0 Å². The van der Waals surface area contributed by atoms with Gasteiger partial charge < -0.3 is 9.73 Å². The van der Waals surface area contributed by atoms with Crippen molar-refractivity contribution in [3.63, 3.8) is 0 Å². The van der Waals surface area contributed by atoms with Gasteiger partial charge in [-0.05, 0) is 44.4 Å². The molecule has 2 aliphatic heterocycles. The number of nitrogens with zero attached hydrogens (tertiary/aromatic N) is 2. The number of rotatable bonds is 4. The second-order valence-corrected chi connectivity index (χ2v) is 7.70.